The van der Waals surface area contributed by atoms with Crippen LogP contribution in [0.5, 0.6) is 0 Å². The van der Waals surface area contributed by atoms with E-state index in [9.17, 15) is 0 Å². The van der Waals surface area contributed by atoms with Crippen LogP contribution in [0, 0.1) is 0 Å². The van der Waals surface area contributed by atoms with Crippen LogP contribution in [0.3, 0.4) is 0 Å². The zero-order valence-electron chi connectivity index (χ0n) is 10.5. The second-order valence-corrected chi connectivity index (χ2v) is 4.66. The van der Waals surface area contributed by atoms with Crippen molar-refractivity contribution in [2.75, 3.05) is 39.2 Å². The van der Waals surface area contributed by atoms with Gasteiger partial charge < -0.3 is 15.0 Å². The molecule has 94 valence electrons. The molecule has 0 aromatic carbocycles. The van der Waals surface area contributed by atoms with E-state index in [1.54, 1.807) is 12.4 Å². The summed E-state index contributed by atoms with van der Waals surface area (Å²) in [6, 6.07) is 1.82. The van der Waals surface area contributed by atoms with Gasteiger partial charge in [-0.1, -0.05) is 0 Å². The number of nitrogens with one attached hydrogen (secondary N) is 1. The Bertz CT molecular complexity index is 336. The number of ether oxygens (including phenoxy) is 1. The summed E-state index contributed by atoms with van der Waals surface area (Å²) >= 11 is 0. The first-order valence-corrected chi connectivity index (χ1v) is 5.99. The minimum atomic E-state index is 0.150. The molecule has 0 aliphatic carbocycles. The van der Waals surface area contributed by atoms with Crippen LogP contribution < -0.4 is 5.32 Å². The first-order valence-electron chi connectivity index (χ1n) is 5.99. The van der Waals surface area contributed by atoms with Gasteiger partial charge in [0, 0.05) is 37.7 Å². The fraction of sp³-hybridized carbons (Fsp3) is 0.667. The predicted octanol–water partition coefficient (Wildman–Crippen LogP) is 0.999. The molecule has 1 saturated heterocycles. The molecule has 0 amide bonds. The van der Waals surface area contributed by atoms with E-state index in [-0.39, 0.29) is 5.54 Å². The highest BCUT2D eigenvalue weighted by Gasteiger charge is 2.34. The minimum absolute atomic E-state index is 0.150. The topological polar surface area (TPSA) is 50.3 Å². The normalized spacial score (nSPS) is 19.2. The van der Waals surface area contributed by atoms with Gasteiger partial charge in [-0.25, -0.2) is 9.97 Å². The highest BCUT2D eigenvalue weighted by molar-refractivity contribution is 5.23. The third kappa shape index (κ3) is 2.92. The fourth-order valence-electron chi connectivity index (χ4n) is 2.17. The number of rotatable bonds is 4. The zero-order valence-corrected chi connectivity index (χ0v) is 10.5. The smallest absolute Gasteiger partial charge is 0.222 e. The lowest BCUT2D eigenvalue weighted by molar-refractivity contribution is -0.000703. The summed E-state index contributed by atoms with van der Waals surface area (Å²) in [5.41, 5.74) is 0.150. The van der Waals surface area contributed by atoms with Crippen molar-refractivity contribution in [2.24, 2.45) is 0 Å². The molecule has 0 radical (unpaired) electrons. The van der Waals surface area contributed by atoms with Crippen LogP contribution in [0.4, 0.5) is 5.95 Å². The Balaban J connectivity index is 1.98. The third-order valence-corrected chi connectivity index (χ3v) is 3.51. The van der Waals surface area contributed by atoms with Crippen LogP contribution in [-0.4, -0.2) is 54.3 Å². The first-order chi connectivity index (χ1) is 8.23. The molecule has 1 aliphatic heterocycles. The second kappa shape index (κ2) is 5.42. The Kier molecular flexibility index (Phi) is 3.91. The molecule has 2 heterocycles. The van der Waals surface area contributed by atoms with Crippen LogP contribution in [0.1, 0.15) is 12.8 Å². The van der Waals surface area contributed by atoms with Gasteiger partial charge in [-0.2, -0.15) is 0 Å². The van der Waals surface area contributed by atoms with E-state index in [1.807, 2.05) is 6.07 Å². The van der Waals surface area contributed by atoms with Crippen molar-refractivity contribution < 1.29 is 4.74 Å². The SMILES string of the molecule is CN(C)C1(CNc2ncccn2)CCOCC1. The molecule has 1 aliphatic rings. The van der Waals surface area contributed by atoms with Crippen molar-refractivity contribution in [3.05, 3.63) is 18.5 Å². The van der Waals surface area contributed by atoms with Crippen molar-refractivity contribution in [3.8, 4) is 0 Å². The van der Waals surface area contributed by atoms with Gasteiger partial charge >= 0.3 is 0 Å². The Morgan fingerprint density at radius 1 is 1.29 bits per heavy atom. The van der Waals surface area contributed by atoms with Gasteiger partial charge in [-0.05, 0) is 33.0 Å². The number of aromatic nitrogens is 2. The Labute approximate surface area is 102 Å². The van der Waals surface area contributed by atoms with E-state index < -0.39 is 0 Å². The number of hydrogen-bond donors (Lipinski definition) is 1. The number of nitrogens with zero attached hydrogens (tertiary/aromatic N) is 3. The van der Waals surface area contributed by atoms with Gasteiger partial charge in [0.05, 0.1) is 0 Å². The highest BCUT2D eigenvalue weighted by atomic mass is 16.5. The Hall–Kier alpha value is -1.20. The minimum Gasteiger partial charge on any atom is -0.381 e. The second-order valence-electron chi connectivity index (χ2n) is 4.66. The highest BCUT2D eigenvalue weighted by Crippen LogP contribution is 2.25. The zero-order chi connectivity index (χ0) is 12.1. The lowest BCUT2D eigenvalue weighted by Gasteiger charge is -2.42. The first kappa shape index (κ1) is 12.3. The molecule has 5 nitrogen and oxygen atoms in total. The van der Waals surface area contributed by atoms with Crippen molar-refractivity contribution in [1.29, 1.82) is 0 Å². The van der Waals surface area contributed by atoms with Crippen LogP contribution >= 0.6 is 0 Å². The summed E-state index contributed by atoms with van der Waals surface area (Å²) in [7, 11) is 4.25. The number of hydrogen-bond acceptors (Lipinski definition) is 5. The summed E-state index contributed by atoms with van der Waals surface area (Å²) in [6.07, 6.45) is 5.59. The maximum atomic E-state index is 5.44. The largest absolute Gasteiger partial charge is 0.381 e. The third-order valence-electron chi connectivity index (χ3n) is 3.51. The van der Waals surface area contributed by atoms with E-state index in [1.165, 1.54) is 0 Å². The standard InChI is InChI=1S/C12H20N4O/c1-16(2)12(4-8-17-9-5-12)10-15-11-13-6-3-7-14-11/h3,6-7H,4-5,8-10H2,1-2H3,(H,13,14,15). The van der Waals surface area contributed by atoms with Crippen LogP contribution in [0.15, 0.2) is 18.5 Å². The van der Waals surface area contributed by atoms with E-state index in [2.05, 4.69) is 34.3 Å². The monoisotopic (exact) mass is 236 g/mol. The summed E-state index contributed by atoms with van der Waals surface area (Å²) in [4.78, 5) is 10.6. The summed E-state index contributed by atoms with van der Waals surface area (Å²) in [5, 5.41) is 3.32. The maximum Gasteiger partial charge on any atom is 0.222 e. The summed E-state index contributed by atoms with van der Waals surface area (Å²) in [5.74, 6) is 0.695. The van der Waals surface area contributed by atoms with E-state index >= 15 is 0 Å². The number of likely N-dealkylation sites (N-methyl/N-ethyl adjacent to an activating group) is 1. The van der Waals surface area contributed by atoms with E-state index in [0.717, 1.165) is 32.6 Å². The maximum absolute atomic E-state index is 5.44. The Morgan fingerprint density at radius 3 is 2.53 bits per heavy atom. The van der Waals surface area contributed by atoms with Gasteiger partial charge in [0.25, 0.3) is 0 Å². The van der Waals surface area contributed by atoms with Gasteiger partial charge in [0.1, 0.15) is 0 Å². The number of anilines is 1. The van der Waals surface area contributed by atoms with Crippen LogP contribution in [-0.2, 0) is 4.74 Å². The molecule has 5 heteroatoms. The molecule has 1 aromatic heterocycles. The molecule has 0 unspecified atom stereocenters. The molecule has 1 aromatic rings. The van der Waals surface area contributed by atoms with E-state index in [0.29, 0.717) is 5.95 Å². The van der Waals surface area contributed by atoms with E-state index in [4.69, 9.17) is 4.74 Å². The lowest BCUT2D eigenvalue weighted by Crippen LogP contribution is -2.53. The van der Waals surface area contributed by atoms with Crippen molar-refractivity contribution in [2.45, 2.75) is 18.4 Å². The summed E-state index contributed by atoms with van der Waals surface area (Å²) in [6.45, 7) is 2.51. The summed E-state index contributed by atoms with van der Waals surface area (Å²) < 4.78 is 5.44. The molecule has 1 fully saturated rings. The van der Waals surface area contributed by atoms with Crippen LogP contribution in [0.25, 0.3) is 0 Å². The molecule has 0 saturated carbocycles. The van der Waals surface area contributed by atoms with Crippen molar-refractivity contribution in [1.82, 2.24) is 14.9 Å². The molecular weight excluding hydrogens is 216 g/mol. The predicted molar refractivity (Wildman–Crippen MR) is 67.0 cm³/mol. The average Bonchev–Trinajstić information content (AvgIpc) is 2.38. The lowest BCUT2D eigenvalue weighted by atomic mass is 9.88. The van der Waals surface area contributed by atoms with Gasteiger partial charge in [-0.3, -0.25) is 0 Å². The average molecular weight is 236 g/mol. The molecule has 0 bridgehead atoms. The molecule has 2 rings (SSSR count). The van der Waals surface area contributed by atoms with Gasteiger partial charge in [-0.15, -0.1) is 0 Å². The van der Waals surface area contributed by atoms with Gasteiger partial charge in [0.2, 0.25) is 5.95 Å². The molecule has 0 atom stereocenters. The fourth-order valence-corrected chi connectivity index (χ4v) is 2.17. The molecule has 17 heavy (non-hydrogen) atoms. The van der Waals surface area contributed by atoms with Crippen molar-refractivity contribution >= 4 is 5.95 Å². The molecule has 0 spiro atoms. The van der Waals surface area contributed by atoms with Gasteiger partial charge in [0.15, 0.2) is 0 Å². The molecule has 1 N–H and O–H groups in total. The Morgan fingerprint density at radius 2 is 1.94 bits per heavy atom. The molecular formula is C12H20N4O. The quantitative estimate of drug-likeness (QED) is 0.845. The van der Waals surface area contributed by atoms with Crippen molar-refractivity contribution in [3.63, 3.8) is 0 Å². The van der Waals surface area contributed by atoms with Crippen LogP contribution in [0.2, 0.25) is 0 Å².